The van der Waals surface area contributed by atoms with E-state index >= 15 is 0 Å². The standard InChI is InChI=1S/C27H26N2O2S/c1-4-20-13-14-21(28-18(3)30)16-24(20)29-27(31)26-23(15-19-11-9-17(2)10-12-19)22-7-5-6-8-25(22)32-26/h5-14,16H,4,15H2,1-3H3,(H,28,30)(H,29,31). The minimum atomic E-state index is -0.142. The summed E-state index contributed by atoms with van der Waals surface area (Å²) in [5, 5.41) is 7.02. The van der Waals surface area contributed by atoms with Gasteiger partial charge in [-0.05, 0) is 60.0 Å². The lowest BCUT2D eigenvalue weighted by atomic mass is 10.0. The van der Waals surface area contributed by atoms with Crippen LogP contribution >= 0.6 is 11.3 Å². The lowest BCUT2D eigenvalue weighted by Crippen LogP contribution is -2.14. The first-order valence-electron chi connectivity index (χ1n) is 10.7. The van der Waals surface area contributed by atoms with Gasteiger partial charge in [0.2, 0.25) is 5.91 Å². The third-order valence-electron chi connectivity index (χ3n) is 5.47. The van der Waals surface area contributed by atoms with Crippen LogP contribution in [0.5, 0.6) is 0 Å². The maximum Gasteiger partial charge on any atom is 0.266 e. The molecule has 0 saturated carbocycles. The van der Waals surface area contributed by atoms with Crippen molar-refractivity contribution < 1.29 is 9.59 Å². The number of thiophene rings is 1. The van der Waals surface area contributed by atoms with E-state index < -0.39 is 0 Å². The Balaban J connectivity index is 1.71. The van der Waals surface area contributed by atoms with Gasteiger partial charge in [-0.2, -0.15) is 0 Å². The van der Waals surface area contributed by atoms with Crippen molar-refractivity contribution in [3.05, 3.63) is 93.9 Å². The second kappa shape index (κ2) is 9.37. The van der Waals surface area contributed by atoms with Crippen molar-refractivity contribution in [1.82, 2.24) is 0 Å². The molecule has 0 saturated heterocycles. The van der Waals surface area contributed by atoms with E-state index in [1.807, 2.05) is 37.3 Å². The van der Waals surface area contributed by atoms with Crippen molar-refractivity contribution in [3.63, 3.8) is 0 Å². The Hall–Kier alpha value is -3.44. The van der Waals surface area contributed by atoms with E-state index in [1.165, 1.54) is 29.4 Å². The number of rotatable bonds is 6. The summed E-state index contributed by atoms with van der Waals surface area (Å²) < 4.78 is 1.10. The molecule has 162 valence electrons. The lowest BCUT2D eigenvalue weighted by Gasteiger charge is -2.13. The van der Waals surface area contributed by atoms with Crippen LogP contribution in [-0.4, -0.2) is 11.8 Å². The highest BCUT2D eigenvalue weighted by atomic mass is 32.1. The van der Waals surface area contributed by atoms with Gasteiger partial charge in [-0.25, -0.2) is 0 Å². The summed E-state index contributed by atoms with van der Waals surface area (Å²) in [6.45, 7) is 5.59. The molecule has 0 unspecified atom stereocenters. The van der Waals surface area contributed by atoms with Crippen LogP contribution < -0.4 is 10.6 Å². The van der Waals surface area contributed by atoms with Gasteiger partial charge < -0.3 is 10.6 Å². The van der Waals surface area contributed by atoms with E-state index in [0.717, 1.165) is 38.2 Å². The van der Waals surface area contributed by atoms with Gasteiger partial charge >= 0.3 is 0 Å². The van der Waals surface area contributed by atoms with E-state index in [4.69, 9.17) is 0 Å². The second-order valence-corrected chi connectivity index (χ2v) is 8.98. The smallest absolute Gasteiger partial charge is 0.266 e. The SMILES string of the molecule is CCc1ccc(NC(C)=O)cc1NC(=O)c1sc2ccccc2c1Cc1ccc(C)cc1. The molecule has 3 aromatic carbocycles. The number of carbonyl (C=O) groups excluding carboxylic acids is 2. The normalized spacial score (nSPS) is 10.8. The molecular weight excluding hydrogens is 416 g/mol. The first-order valence-corrected chi connectivity index (χ1v) is 11.5. The van der Waals surface area contributed by atoms with Gasteiger partial charge in [0.05, 0.1) is 4.88 Å². The summed E-state index contributed by atoms with van der Waals surface area (Å²) in [7, 11) is 0. The largest absolute Gasteiger partial charge is 0.326 e. The topological polar surface area (TPSA) is 58.2 Å². The maximum atomic E-state index is 13.5. The zero-order chi connectivity index (χ0) is 22.7. The van der Waals surface area contributed by atoms with Gasteiger partial charge in [0.15, 0.2) is 0 Å². The third-order valence-corrected chi connectivity index (χ3v) is 6.68. The zero-order valence-corrected chi connectivity index (χ0v) is 19.3. The van der Waals surface area contributed by atoms with Gasteiger partial charge in [-0.15, -0.1) is 11.3 Å². The molecule has 0 bridgehead atoms. The van der Waals surface area contributed by atoms with Gasteiger partial charge in [0.25, 0.3) is 5.91 Å². The Morgan fingerprint density at radius 3 is 2.41 bits per heavy atom. The van der Waals surface area contributed by atoms with Crippen molar-refractivity contribution in [1.29, 1.82) is 0 Å². The Labute approximate surface area is 192 Å². The molecule has 32 heavy (non-hydrogen) atoms. The first-order chi connectivity index (χ1) is 15.4. The van der Waals surface area contributed by atoms with E-state index in [-0.39, 0.29) is 11.8 Å². The van der Waals surface area contributed by atoms with Crippen LogP contribution in [0.3, 0.4) is 0 Å². The van der Waals surface area contributed by atoms with Crippen molar-refractivity contribution in [2.45, 2.75) is 33.6 Å². The molecule has 4 nitrogen and oxygen atoms in total. The Morgan fingerprint density at radius 1 is 0.938 bits per heavy atom. The molecule has 0 fully saturated rings. The summed E-state index contributed by atoms with van der Waals surface area (Å²) in [6, 6.07) is 22.2. The first kappa shape index (κ1) is 21.8. The van der Waals surface area contributed by atoms with Crippen molar-refractivity contribution in [2.24, 2.45) is 0 Å². The molecule has 0 aliphatic rings. The number of carbonyl (C=O) groups is 2. The van der Waals surface area contributed by atoms with E-state index in [0.29, 0.717) is 12.1 Å². The molecule has 0 spiro atoms. The Kier molecular flexibility index (Phi) is 6.37. The average molecular weight is 443 g/mol. The minimum absolute atomic E-state index is 0.122. The van der Waals surface area contributed by atoms with Crippen LogP contribution in [0.15, 0.2) is 66.7 Å². The summed E-state index contributed by atoms with van der Waals surface area (Å²) in [5.41, 5.74) is 5.85. The number of hydrogen-bond donors (Lipinski definition) is 2. The maximum absolute atomic E-state index is 13.5. The number of amides is 2. The highest BCUT2D eigenvalue weighted by Gasteiger charge is 2.20. The summed E-state index contributed by atoms with van der Waals surface area (Å²) in [6.07, 6.45) is 1.47. The number of anilines is 2. The van der Waals surface area contributed by atoms with E-state index in [1.54, 1.807) is 0 Å². The van der Waals surface area contributed by atoms with Crippen LogP contribution in [0.4, 0.5) is 11.4 Å². The predicted octanol–water partition coefficient (Wildman–Crippen LogP) is 6.57. The van der Waals surface area contributed by atoms with Crippen LogP contribution in [0.25, 0.3) is 10.1 Å². The van der Waals surface area contributed by atoms with Crippen LogP contribution in [0, 0.1) is 6.92 Å². The number of nitrogens with one attached hydrogen (secondary N) is 2. The number of benzene rings is 3. The predicted molar refractivity (Wildman–Crippen MR) is 134 cm³/mol. The van der Waals surface area contributed by atoms with Gasteiger partial charge in [-0.1, -0.05) is 61.0 Å². The molecule has 4 rings (SSSR count). The molecule has 1 heterocycles. The fourth-order valence-electron chi connectivity index (χ4n) is 3.83. The van der Waals surface area contributed by atoms with E-state index in [9.17, 15) is 9.59 Å². The molecular formula is C27H26N2O2S. The highest BCUT2D eigenvalue weighted by molar-refractivity contribution is 7.21. The van der Waals surface area contributed by atoms with E-state index in [2.05, 4.69) is 54.0 Å². The number of hydrogen-bond acceptors (Lipinski definition) is 3. The molecule has 0 aliphatic heterocycles. The lowest BCUT2D eigenvalue weighted by molar-refractivity contribution is -0.114. The third kappa shape index (κ3) is 4.73. The van der Waals surface area contributed by atoms with Gasteiger partial charge in [-0.3, -0.25) is 9.59 Å². The minimum Gasteiger partial charge on any atom is -0.326 e. The van der Waals surface area contributed by atoms with Gasteiger partial charge in [0.1, 0.15) is 0 Å². The summed E-state index contributed by atoms with van der Waals surface area (Å²) >= 11 is 1.52. The number of aryl methyl sites for hydroxylation is 2. The molecule has 5 heteroatoms. The molecule has 0 atom stereocenters. The summed E-state index contributed by atoms with van der Waals surface area (Å²) in [5.74, 6) is -0.264. The molecule has 2 amide bonds. The second-order valence-electron chi connectivity index (χ2n) is 7.93. The fourth-order valence-corrected chi connectivity index (χ4v) is 4.95. The fraction of sp³-hybridized carbons (Fsp3) is 0.185. The Morgan fingerprint density at radius 2 is 1.69 bits per heavy atom. The summed E-state index contributed by atoms with van der Waals surface area (Å²) in [4.78, 5) is 25.6. The average Bonchev–Trinajstić information content (AvgIpc) is 3.14. The molecule has 2 N–H and O–H groups in total. The van der Waals surface area contributed by atoms with Crippen molar-refractivity contribution >= 4 is 44.6 Å². The molecule has 4 aromatic rings. The zero-order valence-electron chi connectivity index (χ0n) is 18.5. The number of fused-ring (bicyclic) bond motifs is 1. The quantitative estimate of drug-likeness (QED) is 0.355. The van der Waals surface area contributed by atoms with Crippen LogP contribution in [0.1, 0.15) is 45.8 Å². The van der Waals surface area contributed by atoms with Crippen molar-refractivity contribution in [3.8, 4) is 0 Å². The van der Waals surface area contributed by atoms with Crippen LogP contribution in [0.2, 0.25) is 0 Å². The Bertz CT molecular complexity index is 1290. The van der Waals surface area contributed by atoms with Gasteiger partial charge in [0, 0.05) is 23.0 Å². The molecule has 0 aliphatic carbocycles. The molecule has 0 radical (unpaired) electrons. The molecule has 1 aromatic heterocycles. The van der Waals surface area contributed by atoms with Crippen LogP contribution in [-0.2, 0) is 17.6 Å². The van der Waals surface area contributed by atoms with Crippen molar-refractivity contribution in [2.75, 3.05) is 10.6 Å². The highest BCUT2D eigenvalue weighted by Crippen LogP contribution is 2.34. The monoisotopic (exact) mass is 442 g/mol.